The molecule has 0 radical (unpaired) electrons. The average Bonchev–Trinajstić information content (AvgIpc) is 2.24. The molecule has 1 aliphatic rings. The first kappa shape index (κ1) is 15.9. The lowest BCUT2D eigenvalue weighted by Gasteiger charge is -2.34. The zero-order chi connectivity index (χ0) is 14.0. The molecule has 0 spiro atoms. The lowest BCUT2D eigenvalue weighted by Crippen LogP contribution is -2.55. The summed E-state index contributed by atoms with van der Waals surface area (Å²) in [7, 11) is 0. The highest BCUT2D eigenvalue weighted by Crippen LogP contribution is 2.48. The molecule has 0 aromatic carbocycles. The van der Waals surface area contributed by atoms with Crippen molar-refractivity contribution >= 4 is 12.6 Å². The Hall–Kier alpha value is -0.150. The van der Waals surface area contributed by atoms with E-state index in [1.165, 1.54) is 0 Å². The predicted molar refractivity (Wildman–Crippen MR) is 53.3 cm³/mol. The summed E-state index contributed by atoms with van der Waals surface area (Å²) in [5.74, 6) is -0.380. The number of alkyl halides is 6. The van der Waals surface area contributed by atoms with E-state index in [1.807, 2.05) is 0 Å². The minimum absolute atomic E-state index is 0.311. The Morgan fingerprint density at radius 3 is 1.83 bits per heavy atom. The maximum absolute atomic E-state index is 12.4. The van der Waals surface area contributed by atoms with Crippen LogP contribution >= 0.6 is 12.6 Å². The highest BCUT2D eigenvalue weighted by molar-refractivity contribution is 7.81. The molecule has 0 N–H and O–H groups in total. The zero-order valence-electron chi connectivity index (χ0n) is 9.14. The summed E-state index contributed by atoms with van der Waals surface area (Å²) in [6, 6.07) is 0. The van der Waals surface area contributed by atoms with Crippen LogP contribution in [0.5, 0.6) is 0 Å². The Bertz CT molecular complexity index is 257. The van der Waals surface area contributed by atoms with E-state index in [9.17, 15) is 26.3 Å². The van der Waals surface area contributed by atoms with Crippen LogP contribution < -0.4 is 0 Å². The van der Waals surface area contributed by atoms with Crippen LogP contribution in [0.25, 0.3) is 0 Å². The minimum Gasteiger partial charge on any atom is -0.381 e. The van der Waals surface area contributed by atoms with E-state index in [-0.39, 0.29) is 5.92 Å². The van der Waals surface area contributed by atoms with Crippen LogP contribution in [-0.2, 0) is 9.47 Å². The summed E-state index contributed by atoms with van der Waals surface area (Å²) in [5, 5.41) is 0. The van der Waals surface area contributed by atoms with Crippen molar-refractivity contribution in [1.82, 2.24) is 0 Å². The normalized spacial score (nSPS) is 20.2. The van der Waals surface area contributed by atoms with E-state index in [0.717, 1.165) is 0 Å². The molecule has 108 valence electrons. The van der Waals surface area contributed by atoms with Gasteiger partial charge >= 0.3 is 17.3 Å². The third kappa shape index (κ3) is 3.45. The second-order valence-corrected chi connectivity index (χ2v) is 4.64. The van der Waals surface area contributed by atoms with E-state index in [1.54, 1.807) is 0 Å². The van der Waals surface area contributed by atoms with Crippen molar-refractivity contribution in [2.24, 2.45) is 5.92 Å². The molecule has 0 saturated carbocycles. The van der Waals surface area contributed by atoms with Gasteiger partial charge in [-0.15, -0.1) is 12.6 Å². The Morgan fingerprint density at radius 2 is 1.44 bits per heavy atom. The van der Waals surface area contributed by atoms with Crippen molar-refractivity contribution in [3.05, 3.63) is 0 Å². The first-order valence-corrected chi connectivity index (χ1v) is 5.60. The number of rotatable bonds is 3. The first-order chi connectivity index (χ1) is 8.08. The van der Waals surface area contributed by atoms with E-state index in [4.69, 9.17) is 4.74 Å². The molecule has 9 heteroatoms. The van der Waals surface area contributed by atoms with Gasteiger partial charge in [0.1, 0.15) is 0 Å². The maximum Gasteiger partial charge on any atom is 0.436 e. The van der Waals surface area contributed by atoms with Crippen LogP contribution in [0.4, 0.5) is 26.3 Å². The first-order valence-electron chi connectivity index (χ1n) is 5.15. The quantitative estimate of drug-likeness (QED) is 0.490. The van der Waals surface area contributed by atoms with Crippen molar-refractivity contribution in [3.63, 3.8) is 0 Å². The lowest BCUT2D eigenvalue weighted by atomic mass is 10.0. The van der Waals surface area contributed by atoms with Gasteiger partial charge in [0, 0.05) is 13.2 Å². The molecular weight excluding hydrogens is 286 g/mol. The Morgan fingerprint density at radius 1 is 1.00 bits per heavy atom. The summed E-state index contributed by atoms with van der Waals surface area (Å²) in [6.45, 7) is -0.0247. The van der Waals surface area contributed by atoms with Gasteiger partial charge in [-0.05, 0) is 18.8 Å². The highest BCUT2D eigenvalue weighted by atomic mass is 32.1. The van der Waals surface area contributed by atoms with Gasteiger partial charge in [0.25, 0.3) is 0 Å². The third-order valence-corrected chi connectivity index (χ3v) is 3.27. The summed E-state index contributed by atoms with van der Waals surface area (Å²) in [5.41, 5.74) is 0. The molecule has 0 aromatic rings. The zero-order valence-corrected chi connectivity index (χ0v) is 10.0. The van der Waals surface area contributed by atoms with Gasteiger partial charge in [0.15, 0.2) is 0 Å². The van der Waals surface area contributed by atoms with Crippen molar-refractivity contribution in [1.29, 1.82) is 0 Å². The van der Waals surface area contributed by atoms with E-state index < -0.39 is 23.9 Å². The molecule has 0 aliphatic carbocycles. The second-order valence-electron chi connectivity index (χ2n) is 4.01. The van der Waals surface area contributed by atoms with Gasteiger partial charge in [0.2, 0.25) is 0 Å². The van der Waals surface area contributed by atoms with Crippen molar-refractivity contribution in [3.8, 4) is 0 Å². The smallest absolute Gasteiger partial charge is 0.381 e. The van der Waals surface area contributed by atoms with Crippen molar-refractivity contribution in [2.45, 2.75) is 30.1 Å². The van der Waals surface area contributed by atoms with Crippen molar-refractivity contribution < 1.29 is 35.8 Å². The second kappa shape index (κ2) is 5.46. The highest BCUT2D eigenvalue weighted by Gasteiger charge is 2.70. The Balaban J connectivity index is 2.68. The van der Waals surface area contributed by atoms with E-state index >= 15 is 0 Å². The predicted octanol–water partition coefficient (Wildman–Crippen LogP) is 3.18. The third-order valence-electron chi connectivity index (χ3n) is 2.64. The molecule has 0 atom stereocenters. The average molecular weight is 298 g/mol. The van der Waals surface area contributed by atoms with Crippen LogP contribution in [0.3, 0.4) is 0 Å². The Labute approximate surface area is 105 Å². The van der Waals surface area contributed by atoms with Gasteiger partial charge in [-0.3, -0.25) is 0 Å². The summed E-state index contributed by atoms with van der Waals surface area (Å²) < 4.78 is 83.5. The number of ether oxygens (including phenoxy) is 2. The molecule has 1 rings (SSSR count). The maximum atomic E-state index is 12.4. The van der Waals surface area contributed by atoms with E-state index in [0.29, 0.717) is 26.1 Å². The molecule has 0 amide bonds. The van der Waals surface area contributed by atoms with Crippen LogP contribution in [0.2, 0.25) is 0 Å². The SMILES string of the molecule is FC(F)(F)C(S)(OCC1CCOCC1)C(F)(F)F. The lowest BCUT2D eigenvalue weighted by molar-refractivity contribution is -0.341. The monoisotopic (exact) mass is 298 g/mol. The minimum atomic E-state index is -5.63. The largest absolute Gasteiger partial charge is 0.436 e. The molecule has 1 saturated heterocycles. The summed E-state index contributed by atoms with van der Waals surface area (Å²) >= 11 is 2.68. The molecule has 1 fully saturated rings. The molecule has 1 heterocycles. The molecule has 18 heavy (non-hydrogen) atoms. The number of thiol groups is 1. The van der Waals surface area contributed by atoms with Crippen LogP contribution in [-0.4, -0.2) is 37.1 Å². The molecule has 0 unspecified atom stereocenters. The van der Waals surface area contributed by atoms with Gasteiger partial charge in [-0.25, -0.2) is 0 Å². The van der Waals surface area contributed by atoms with Gasteiger partial charge in [-0.2, -0.15) is 26.3 Å². The standard InChI is InChI=1S/C9H12F6O2S/c10-8(11,12)7(18,9(13,14)15)17-5-6-1-3-16-4-2-6/h6,18H,1-5H2. The molecule has 0 aromatic heterocycles. The fourth-order valence-corrected chi connectivity index (χ4v) is 1.55. The number of halogens is 6. The molecular formula is C9H12F6O2S. The van der Waals surface area contributed by atoms with Crippen LogP contribution in [0, 0.1) is 5.92 Å². The molecule has 1 aliphatic heterocycles. The summed E-state index contributed by atoms with van der Waals surface area (Å²) in [6.07, 6.45) is -10.5. The topological polar surface area (TPSA) is 18.5 Å². The van der Waals surface area contributed by atoms with Crippen LogP contribution in [0.15, 0.2) is 0 Å². The fourth-order valence-electron chi connectivity index (χ4n) is 1.48. The summed E-state index contributed by atoms with van der Waals surface area (Å²) in [4.78, 5) is -4.42. The molecule has 2 nitrogen and oxygen atoms in total. The van der Waals surface area contributed by atoms with Gasteiger partial charge in [-0.1, -0.05) is 0 Å². The number of hydrogen-bond donors (Lipinski definition) is 1. The molecule has 0 bridgehead atoms. The fraction of sp³-hybridized carbons (Fsp3) is 1.00. The van der Waals surface area contributed by atoms with Gasteiger partial charge in [0.05, 0.1) is 6.61 Å². The number of hydrogen-bond acceptors (Lipinski definition) is 3. The van der Waals surface area contributed by atoms with Crippen molar-refractivity contribution in [2.75, 3.05) is 19.8 Å². The Kier molecular flexibility index (Phi) is 4.82. The van der Waals surface area contributed by atoms with Crippen LogP contribution in [0.1, 0.15) is 12.8 Å². The van der Waals surface area contributed by atoms with E-state index in [2.05, 4.69) is 17.4 Å². The van der Waals surface area contributed by atoms with Gasteiger partial charge < -0.3 is 9.47 Å².